The van der Waals surface area contributed by atoms with Crippen LogP contribution in [0.5, 0.6) is 0 Å². The maximum absolute atomic E-state index is 14.6. The first-order valence-electron chi connectivity index (χ1n) is 17.3. The smallest absolute Gasteiger partial charge is 0.313 e. The summed E-state index contributed by atoms with van der Waals surface area (Å²) in [6, 6.07) is 6.62. The number of carbonyl (C=O) groups is 4. The van der Waals surface area contributed by atoms with Crippen LogP contribution in [0.2, 0.25) is 0 Å². The molecule has 48 heavy (non-hydrogen) atoms. The van der Waals surface area contributed by atoms with Gasteiger partial charge in [0.1, 0.15) is 17.7 Å². The minimum absolute atomic E-state index is 0.0671. The van der Waals surface area contributed by atoms with Gasteiger partial charge in [0.2, 0.25) is 17.7 Å². The Hall–Kier alpha value is -3.54. The van der Waals surface area contributed by atoms with Crippen molar-refractivity contribution >= 4 is 23.7 Å². The van der Waals surface area contributed by atoms with Gasteiger partial charge in [0.05, 0.1) is 43.2 Å². The Kier molecular flexibility index (Phi) is 13.0. The van der Waals surface area contributed by atoms with Gasteiger partial charge in [-0.05, 0) is 44.6 Å². The number of methoxy groups -OCH3 is 1. The molecule has 0 aromatic heterocycles. The lowest BCUT2D eigenvalue weighted by Crippen LogP contribution is -2.60. The lowest BCUT2D eigenvalue weighted by Gasteiger charge is -2.40. The number of allylic oxidation sites excluding steroid dienone is 1. The lowest BCUT2D eigenvalue weighted by molar-refractivity contribution is -0.163. The van der Waals surface area contributed by atoms with Crippen molar-refractivity contribution < 1.29 is 38.5 Å². The van der Waals surface area contributed by atoms with Crippen LogP contribution in [0.4, 0.5) is 0 Å². The number of rotatable bonds is 19. The summed E-state index contributed by atoms with van der Waals surface area (Å²) in [6.45, 7) is 13.5. The van der Waals surface area contributed by atoms with Gasteiger partial charge in [-0.2, -0.15) is 0 Å². The summed E-state index contributed by atoms with van der Waals surface area (Å²) < 4.78 is 18.4. The minimum Gasteiger partial charge on any atom is -0.455 e. The highest BCUT2D eigenvalue weighted by Gasteiger charge is 2.75. The summed E-state index contributed by atoms with van der Waals surface area (Å²) in [6.07, 6.45) is 5.42. The van der Waals surface area contributed by atoms with E-state index in [2.05, 4.69) is 25.4 Å². The third-order valence-electron chi connectivity index (χ3n) is 10.2. The molecular formula is C37H53N3O8. The van der Waals surface area contributed by atoms with Gasteiger partial charge in [0, 0.05) is 26.1 Å². The summed E-state index contributed by atoms with van der Waals surface area (Å²) in [5.74, 6) is -3.47. The number of hydrogen-bond acceptors (Lipinski definition) is 8. The average Bonchev–Trinajstić information content (AvgIpc) is 3.73. The molecule has 0 aliphatic carbocycles. The fourth-order valence-electron chi connectivity index (χ4n) is 7.93. The molecule has 264 valence electrons. The summed E-state index contributed by atoms with van der Waals surface area (Å²) >= 11 is 0. The number of esters is 1. The van der Waals surface area contributed by atoms with E-state index in [0.29, 0.717) is 37.8 Å². The zero-order valence-electron chi connectivity index (χ0n) is 28.8. The van der Waals surface area contributed by atoms with Crippen molar-refractivity contribution in [2.24, 2.45) is 11.8 Å². The number of hydrogen-bond donors (Lipinski definition) is 2. The molecule has 3 fully saturated rings. The number of fused-ring (bicyclic) bond motifs is 1. The number of nitrogens with one attached hydrogen (secondary N) is 1. The molecule has 0 saturated carbocycles. The van der Waals surface area contributed by atoms with Gasteiger partial charge in [-0.3, -0.25) is 19.2 Å². The van der Waals surface area contributed by atoms with Gasteiger partial charge in [-0.15, -0.1) is 13.2 Å². The van der Waals surface area contributed by atoms with Crippen molar-refractivity contribution in [1.82, 2.24) is 15.1 Å². The molecule has 1 aromatic carbocycles. The van der Waals surface area contributed by atoms with Crippen LogP contribution in [0, 0.1) is 11.8 Å². The molecule has 3 amide bonds. The van der Waals surface area contributed by atoms with E-state index in [4.69, 9.17) is 14.2 Å². The van der Waals surface area contributed by atoms with E-state index >= 15 is 0 Å². The highest BCUT2D eigenvalue weighted by molar-refractivity contribution is 5.98. The van der Waals surface area contributed by atoms with Crippen molar-refractivity contribution in [1.29, 1.82) is 0 Å². The molecule has 1 unspecified atom stereocenters. The van der Waals surface area contributed by atoms with Crippen LogP contribution in [-0.2, 0) is 33.4 Å². The largest absolute Gasteiger partial charge is 0.455 e. The van der Waals surface area contributed by atoms with Gasteiger partial charge in [0.15, 0.2) is 0 Å². The number of carbonyl (C=O) groups excluding carboxylic acids is 4. The second kappa shape index (κ2) is 16.7. The van der Waals surface area contributed by atoms with Gasteiger partial charge < -0.3 is 34.4 Å². The van der Waals surface area contributed by atoms with Crippen LogP contribution < -0.4 is 5.32 Å². The number of nitrogens with zero attached hydrogens (tertiary/aromatic N) is 2. The lowest BCUT2D eigenvalue weighted by atomic mass is 9.70. The number of aliphatic hydroxyl groups excluding tert-OH is 1. The number of likely N-dealkylation sites (tertiary alicyclic amines) is 1. The molecule has 1 aromatic rings. The van der Waals surface area contributed by atoms with Crippen molar-refractivity contribution in [2.75, 3.05) is 26.9 Å². The molecule has 11 nitrogen and oxygen atoms in total. The van der Waals surface area contributed by atoms with Gasteiger partial charge in [-0.1, -0.05) is 62.8 Å². The standard InChI is InChI=1S/C37H53N3O8/c1-7-11-18-29(42)38-27(23-46-6)32(25-16-13-12-14-17-25)47-36(45)30-28-19-20-37(48-28)31(30)34(43)40(26(10-4)22-41)33(37)35(44)39(21-9-3)24(5)15-8-2/h7,9,12-14,16-17,24,26-28,30-33,41H,1,3,8,10-11,15,18-23H2,2,4-6H3,(H,38,42)/t24?,26-,27-,28+,30-,31-,32-,33+,37-/m0/s1. The first kappa shape index (κ1) is 37.3. The molecule has 3 aliphatic rings. The van der Waals surface area contributed by atoms with E-state index in [-0.39, 0.29) is 43.4 Å². The van der Waals surface area contributed by atoms with Crippen LogP contribution in [-0.4, -0.2) is 101 Å². The number of benzene rings is 1. The molecule has 0 radical (unpaired) electrons. The van der Waals surface area contributed by atoms with Gasteiger partial charge in [0.25, 0.3) is 0 Å². The van der Waals surface area contributed by atoms with Crippen LogP contribution >= 0.6 is 0 Å². The highest BCUT2D eigenvalue weighted by Crippen LogP contribution is 2.59. The van der Waals surface area contributed by atoms with E-state index in [1.165, 1.54) is 12.0 Å². The normalized spacial score (nSPS) is 26.7. The minimum atomic E-state index is -1.25. The monoisotopic (exact) mass is 667 g/mol. The molecule has 4 rings (SSSR count). The summed E-state index contributed by atoms with van der Waals surface area (Å²) in [4.78, 5) is 59.6. The third kappa shape index (κ3) is 7.23. The number of ether oxygens (including phenoxy) is 3. The topological polar surface area (TPSA) is 135 Å². The maximum Gasteiger partial charge on any atom is 0.313 e. The van der Waals surface area contributed by atoms with Crippen LogP contribution in [0.1, 0.15) is 77.4 Å². The van der Waals surface area contributed by atoms with Gasteiger partial charge in [-0.25, -0.2) is 0 Å². The Morgan fingerprint density at radius 3 is 2.54 bits per heavy atom. The Morgan fingerprint density at radius 1 is 1.21 bits per heavy atom. The summed E-state index contributed by atoms with van der Waals surface area (Å²) in [7, 11) is 1.51. The third-order valence-corrected chi connectivity index (χ3v) is 10.2. The average molecular weight is 668 g/mol. The summed E-state index contributed by atoms with van der Waals surface area (Å²) in [5.41, 5.74) is -0.594. The summed E-state index contributed by atoms with van der Waals surface area (Å²) in [5, 5.41) is 13.4. The second-order valence-corrected chi connectivity index (χ2v) is 13.2. The van der Waals surface area contributed by atoms with Crippen molar-refractivity contribution in [3.8, 4) is 0 Å². The quantitative estimate of drug-likeness (QED) is 0.169. The van der Waals surface area contributed by atoms with Crippen molar-refractivity contribution in [3.05, 3.63) is 61.2 Å². The predicted molar refractivity (Wildman–Crippen MR) is 180 cm³/mol. The van der Waals surface area contributed by atoms with E-state index in [0.717, 1.165) is 12.8 Å². The first-order valence-corrected chi connectivity index (χ1v) is 17.3. The van der Waals surface area contributed by atoms with E-state index in [9.17, 15) is 24.3 Å². The molecule has 3 saturated heterocycles. The van der Waals surface area contributed by atoms with E-state index in [1.54, 1.807) is 17.1 Å². The Balaban J connectivity index is 1.72. The maximum atomic E-state index is 14.6. The predicted octanol–water partition coefficient (Wildman–Crippen LogP) is 3.72. The van der Waals surface area contributed by atoms with Crippen molar-refractivity contribution in [2.45, 2.75) is 108 Å². The molecule has 2 N–H and O–H groups in total. The Labute approximate surface area is 284 Å². The van der Waals surface area contributed by atoms with Gasteiger partial charge >= 0.3 is 5.97 Å². The molecule has 3 heterocycles. The zero-order chi connectivity index (χ0) is 35.0. The zero-order valence-corrected chi connectivity index (χ0v) is 28.8. The van der Waals surface area contributed by atoms with E-state index < -0.39 is 53.7 Å². The highest BCUT2D eigenvalue weighted by atomic mass is 16.6. The van der Waals surface area contributed by atoms with Crippen LogP contribution in [0.15, 0.2) is 55.6 Å². The van der Waals surface area contributed by atoms with E-state index in [1.807, 2.05) is 44.2 Å². The van der Waals surface area contributed by atoms with Crippen LogP contribution in [0.3, 0.4) is 0 Å². The number of aliphatic hydroxyl groups is 1. The Morgan fingerprint density at radius 2 is 1.94 bits per heavy atom. The SMILES string of the molecule is C=CCCC(=O)N[C@@H](COC)[C@@H](OC(=O)[C@@H]1[C@H]2C(=O)N([C@@H](CC)CO)[C@H](C(=O)N(CC=C)C(C)CCC)[C@]23CC[C@H]1O3)c1ccccc1. The molecule has 3 aliphatic heterocycles. The molecule has 11 heteroatoms. The first-order chi connectivity index (χ1) is 23.1. The fraction of sp³-hybridized carbons (Fsp3) is 0.622. The van der Waals surface area contributed by atoms with Crippen LogP contribution in [0.25, 0.3) is 0 Å². The second-order valence-electron chi connectivity index (χ2n) is 13.2. The molecule has 9 atom stereocenters. The molecular weight excluding hydrogens is 614 g/mol. The van der Waals surface area contributed by atoms with Crippen molar-refractivity contribution in [3.63, 3.8) is 0 Å². The fourth-order valence-corrected chi connectivity index (χ4v) is 7.93. The Bertz CT molecular complexity index is 1300. The molecule has 2 bridgehead atoms. The molecule has 1 spiro atoms. The number of amides is 3.